The maximum Gasteiger partial charge on any atom is 0.322 e. The molecule has 2 N–H and O–H groups in total. The Morgan fingerprint density at radius 1 is 1.05 bits per heavy atom. The number of carboxylic acid groups (broad SMARTS) is 2. The third kappa shape index (κ3) is 3.74. The molecule has 0 fully saturated rings. The zero-order valence-corrected chi connectivity index (χ0v) is 10.1. The number of carbonyl (C=O) groups is 4. The van der Waals surface area contributed by atoms with Gasteiger partial charge in [-0.15, -0.1) is 0 Å². The number of hydrogen-bond donors (Lipinski definition) is 2. The molecule has 1 aromatic carbocycles. The van der Waals surface area contributed by atoms with Crippen LogP contribution in [0.25, 0.3) is 0 Å². The molecule has 19 heavy (non-hydrogen) atoms. The first-order chi connectivity index (χ1) is 8.82. The maximum atomic E-state index is 11.8. The molecular formula is C13H12O6. The van der Waals surface area contributed by atoms with Gasteiger partial charge in [0.25, 0.3) is 0 Å². The minimum absolute atomic E-state index is 0.0664. The van der Waals surface area contributed by atoms with Crippen LogP contribution in [0.2, 0.25) is 0 Å². The summed E-state index contributed by atoms with van der Waals surface area (Å²) in [5.74, 6) is -5.77. The Morgan fingerprint density at radius 3 is 1.95 bits per heavy atom. The average molecular weight is 264 g/mol. The first kappa shape index (κ1) is 14.6. The Morgan fingerprint density at radius 2 is 1.58 bits per heavy atom. The van der Waals surface area contributed by atoms with Crippen molar-refractivity contribution in [2.45, 2.75) is 13.3 Å². The zero-order chi connectivity index (χ0) is 14.6. The summed E-state index contributed by atoms with van der Waals surface area (Å²) in [5, 5.41) is 17.4. The van der Waals surface area contributed by atoms with Crippen LogP contribution in [0.1, 0.15) is 22.8 Å². The van der Waals surface area contributed by atoms with Crippen molar-refractivity contribution in [1.29, 1.82) is 0 Å². The summed E-state index contributed by atoms with van der Waals surface area (Å²) < 4.78 is 0. The summed E-state index contributed by atoms with van der Waals surface area (Å²) in [4.78, 5) is 44.3. The fourth-order valence-electron chi connectivity index (χ4n) is 1.60. The monoisotopic (exact) mass is 264 g/mol. The van der Waals surface area contributed by atoms with Crippen molar-refractivity contribution in [3.05, 3.63) is 35.4 Å². The first-order valence-corrected chi connectivity index (χ1v) is 5.41. The van der Waals surface area contributed by atoms with Crippen molar-refractivity contribution >= 4 is 23.5 Å². The van der Waals surface area contributed by atoms with Crippen molar-refractivity contribution < 1.29 is 29.4 Å². The van der Waals surface area contributed by atoms with Crippen molar-refractivity contribution in [3.63, 3.8) is 0 Å². The Balaban J connectivity index is 2.97. The standard InChI is InChI=1S/C13H12O6/c1-7(14)11(13(18)19)12(17)9-4-2-8(3-5-9)6-10(15)16/h2-5,11H,6H2,1H3,(H,15,16)(H,18,19). The van der Waals surface area contributed by atoms with Gasteiger partial charge in [0, 0.05) is 5.56 Å². The molecule has 0 bridgehead atoms. The molecule has 1 aromatic rings. The molecule has 0 aromatic heterocycles. The highest BCUT2D eigenvalue weighted by Gasteiger charge is 2.31. The van der Waals surface area contributed by atoms with Gasteiger partial charge in [0.1, 0.15) is 0 Å². The molecule has 1 atom stereocenters. The van der Waals surface area contributed by atoms with Gasteiger partial charge in [0.05, 0.1) is 6.42 Å². The number of carboxylic acids is 2. The molecule has 100 valence electrons. The topological polar surface area (TPSA) is 109 Å². The Labute approximate surface area is 108 Å². The molecule has 0 aliphatic heterocycles. The Bertz CT molecular complexity index is 515. The molecule has 0 aliphatic carbocycles. The van der Waals surface area contributed by atoms with Crippen molar-refractivity contribution in [3.8, 4) is 0 Å². The van der Waals surface area contributed by atoms with E-state index in [0.717, 1.165) is 6.92 Å². The fraction of sp³-hybridized carbons (Fsp3) is 0.231. The summed E-state index contributed by atoms with van der Waals surface area (Å²) in [6, 6.07) is 5.47. The van der Waals surface area contributed by atoms with E-state index in [1.54, 1.807) is 0 Å². The van der Waals surface area contributed by atoms with Gasteiger partial charge in [-0.05, 0) is 12.5 Å². The van der Waals surface area contributed by atoms with Gasteiger partial charge in [0.2, 0.25) is 0 Å². The van der Waals surface area contributed by atoms with Gasteiger partial charge in [0.15, 0.2) is 17.5 Å². The van der Waals surface area contributed by atoms with Crippen LogP contribution in [0.3, 0.4) is 0 Å². The van der Waals surface area contributed by atoms with E-state index in [1.807, 2.05) is 0 Å². The maximum absolute atomic E-state index is 11.8. The molecule has 1 rings (SSSR count). The summed E-state index contributed by atoms with van der Waals surface area (Å²) >= 11 is 0. The highest BCUT2D eigenvalue weighted by atomic mass is 16.4. The van der Waals surface area contributed by atoms with Crippen LogP contribution in [0.4, 0.5) is 0 Å². The van der Waals surface area contributed by atoms with E-state index in [0.29, 0.717) is 5.56 Å². The highest BCUT2D eigenvalue weighted by molar-refractivity contribution is 6.21. The molecule has 1 unspecified atom stereocenters. The summed E-state index contributed by atoms with van der Waals surface area (Å²) in [7, 11) is 0. The molecule has 0 saturated carbocycles. The van der Waals surface area contributed by atoms with Gasteiger partial charge in [-0.1, -0.05) is 24.3 Å². The lowest BCUT2D eigenvalue weighted by Gasteiger charge is -2.08. The molecule has 0 heterocycles. The number of benzene rings is 1. The molecule has 6 heteroatoms. The minimum Gasteiger partial charge on any atom is -0.481 e. The van der Waals surface area contributed by atoms with E-state index in [2.05, 4.69) is 0 Å². The summed E-state index contributed by atoms with van der Waals surface area (Å²) in [6.07, 6.45) is -0.191. The van der Waals surface area contributed by atoms with E-state index in [1.165, 1.54) is 24.3 Å². The third-order valence-corrected chi connectivity index (χ3v) is 2.51. The van der Waals surface area contributed by atoms with Gasteiger partial charge < -0.3 is 10.2 Å². The second-order valence-corrected chi connectivity index (χ2v) is 4.01. The van der Waals surface area contributed by atoms with Gasteiger partial charge in [-0.3, -0.25) is 19.2 Å². The summed E-state index contributed by atoms with van der Waals surface area (Å²) in [6.45, 7) is 1.04. The molecule has 6 nitrogen and oxygen atoms in total. The van der Waals surface area contributed by atoms with Gasteiger partial charge in [-0.25, -0.2) is 0 Å². The van der Waals surface area contributed by atoms with E-state index < -0.39 is 29.4 Å². The second-order valence-electron chi connectivity index (χ2n) is 4.01. The lowest BCUT2D eigenvalue weighted by molar-refractivity contribution is -0.143. The van der Waals surface area contributed by atoms with Crippen LogP contribution < -0.4 is 0 Å². The number of carbonyl (C=O) groups excluding carboxylic acids is 2. The van der Waals surface area contributed by atoms with Crippen LogP contribution in [0.5, 0.6) is 0 Å². The predicted octanol–water partition coefficient (Wildman–Crippen LogP) is 0.786. The predicted molar refractivity (Wildman–Crippen MR) is 63.9 cm³/mol. The molecule has 0 spiro atoms. The molecular weight excluding hydrogens is 252 g/mol. The molecule has 0 radical (unpaired) electrons. The third-order valence-electron chi connectivity index (χ3n) is 2.51. The van der Waals surface area contributed by atoms with E-state index >= 15 is 0 Å². The van der Waals surface area contributed by atoms with Crippen molar-refractivity contribution in [1.82, 2.24) is 0 Å². The number of aliphatic carboxylic acids is 2. The Kier molecular flexibility index (Phi) is 4.52. The van der Waals surface area contributed by atoms with Gasteiger partial charge in [-0.2, -0.15) is 0 Å². The number of Topliss-reactive ketones (excluding diaryl/α,β-unsaturated/α-hetero) is 2. The molecule has 0 saturated heterocycles. The quantitative estimate of drug-likeness (QED) is 0.580. The summed E-state index contributed by atoms with van der Waals surface area (Å²) in [5.41, 5.74) is 0.551. The van der Waals surface area contributed by atoms with Crippen molar-refractivity contribution in [2.24, 2.45) is 5.92 Å². The second kappa shape index (κ2) is 5.90. The lowest BCUT2D eigenvalue weighted by atomic mass is 9.94. The van der Waals surface area contributed by atoms with Crippen LogP contribution in [-0.2, 0) is 20.8 Å². The van der Waals surface area contributed by atoms with Crippen LogP contribution >= 0.6 is 0 Å². The largest absolute Gasteiger partial charge is 0.481 e. The van der Waals surface area contributed by atoms with E-state index in [4.69, 9.17) is 10.2 Å². The minimum atomic E-state index is -1.72. The number of rotatable bonds is 6. The van der Waals surface area contributed by atoms with Crippen LogP contribution in [-0.4, -0.2) is 33.7 Å². The van der Waals surface area contributed by atoms with Crippen LogP contribution in [0, 0.1) is 5.92 Å². The first-order valence-electron chi connectivity index (χ1n) is 5.41. The number of ketones is 2. The SMILES string of the molecule is CC(=O)C(C(=O)O)C(=O)c1ccc(CC(=O)O)cc1. The number of hydrogen-bond acceptors (Lipinski definition) is 4. The highest BCUT2D eigenvalue weighted by Crippen LogP contribution is 2.12. The lowest BCUT2D eigenvalue weighted by Crippen LogP contribution is -2.30. The average Bonchev–Trinajstić information content (AvgIpc) is 2.27. The smallest absolute Gasteiger partial charge is 0.322 e. The normalized spacial score (nSPS) is 11.6. The molecule has 0 aliphatic rings. The van der Waals surface area contributed by atoms with Crippen molar-refractivity contribution in [2.75, 3.05) is 0 Å². The van der Waals surface area contributed by atoms with E-state index in [-0.39, 0.29) is 12.0 Å². The van der Waals surface area contributed by atoms with E-state index in [9.17, 15) is 19.2 Å². The Hall–Kier alpha value is -2.50. The van der Waals surface area contributed by atoms with Gasteiger partial charge >= 0.3 is 11.9 Å². The molecule has 0 amide bonds. The zero-order valence-electron chi connectivity index (χ0n) is 10.1. The fourth-order valence-corrected chi connectivity index (χ4v) is 1.60. The van der Waals surface area contributed by atoms with Crippen LogP contribution in [0.15, 0.2) is 24.3 Å².